The van der Waals surface area contributed by atoms with Crippen LogP contribution in [-0.2, 0) is 17.1 Å². The zero-order valence-corrected chi connectivity index (χ0v) is 11.9. The van der Waals surface area contributed by atoms with E-state index in [1.807, 2.05) is 0 Å². The average molecular weight is 363 g/mol. The summed E-state index contributed by atoms with van der Waals surface area (Å²) in [7, 11) is 0. The molecule has 25 heavy (non-hydrogen) atoms. The fourth-order valence-electron chi connectivity index (χ4n) is 1.96. The van der Waals surface area contributed by atoms with Crippen LogP contribution in [0.15, 0.2) is 42.0 Å². The zero-order valence-electron chi connectivity index (χ0n) is 11.9. The molecular weight excluding hydrogens is 356 g/mol. The quantitative estimate of drug-likeness (QED) is 0.833. The van der Waals surface area contributed by atoms with Gasteiger partial charge in [-0.25, -0.2) is 0 Å². The molecule has 1 aromatic carbocycles. The van der Waals surface area contributed by atoms with E-state index in [4.69, 9.17) is 4.74 Å². The molecule has 1 aliphatic heterocycles. The summed E-state index contributed by atoms with van der Waals surface area (Å²) in [6, 6.07) is 2.81. The van der Waals surface area contributed by atoms with Gasteiger partial charge in [-0.15, -0.1) is 10.2 Å². The van der Waals surface area contributed by atoms with E-state index in [0.717, 1.165) is 6.07 Å². The molecule has 1 aliphatic rings. The van der Waals surface area contributed by atoms with E-state index in [1.165, 1.54) is 18.5 Å². The van der Waals surface area contributed by atoms with E-state index < -0.39 is 29.3 Å². The average Bonchev–Trinajstić information content (AvgIpc) is 3.04. The molecule has 0 atom stereocenters. The number of hydrogen-bond acceptors (Lipinski definition) is 5. The second kappa shape index (κ2) is 5.79. The van der Waals surface area contributed by atoms with Crippen LogP contribution >= 0.6 is 0 Å². The standard InChI is InChI=1S/C13H7F6N5O/c14-12(15,16)8-5-7(11-22-20-3-4-25-11)1-2-9(8)24-21-6-10(23-24)13(17,18)19/h1-6,20H. The van der Waals surface area contributed by atoms with Crippen LogP contribution < -0.4 is 5.43 Å². The van der Waals surface area contributed by atoms with Gasteiger partial charge in [0, 0.05) is 5.56 Å². The Balaban J connectivity index is 2.07. The highest BCUT2D eigenvalue weighted by Crippen LogP contribution is 2.35. The summed E-state index contributed by atoms with van der Waals surface area (Å²) in [6.45, 7) is 0. The first kappa shape index (κ1) is 16.8. The fourth-order valence-corrected chi connectivity index (χ4v) is 1.96. The van der Waals surface area contributed by atoms with E-state index >= 15 is 0 Å². The summed E-state index contributed by atoms with van der Waals surface area (Å²) in [5, 5.41) is 10.00. The summed E-state index contributed by atoms with van der Waals surface area (Å²) in [6.07, 6.45) is -6.85. The van der Waals surface area contributed by atoms with Crippen LogP contribution in [-0.4, -0.2) is 20.9 Å². The number of aromatic nitrogens is 3. The Morgan fingerprint density at radius 3 is 2.36 bits per heavy atom. The smallest absolute Gasteiger partial charge is 0.436 e. The highest BCUT2D eigenvalue weighted by molar-refractivity contribution is 5.95. The first-order valence-electron chi connectivity index (χ1n) is 6.53. The fraction of sp³-hybridized carbons (Fsp3) is 0.154. The van der Waals surface area contributed by atoms with Crippen LogP contribution in [0.4, 0.5) is 26.3 Å². The molecule has 0 unspecified atom stereocenters. The normalized spacial score (nSPS) is 14.7. The maximum Gasteiger partial charge on any atom is 0.436 e. The second-order valence-electron chi connectivity index (χ2n) is 4.71. The summed E-state index contributed by atoms with van der Waals surface area (Å²) in [4.78, 5) is 0.275. The number of hydrogen-bond donors (Lipinski definition) is 1. The van der Waals surface area contributed by atoms with E-state index in [9.17, 15) is 26.3 Å². The third-order valence-electron chi connectivity index (χ3n) is 3.04. The maximum absolute atomic E-state index is 13.3. The molecule has 1 N–H and O–H groups in total. The van der Waals surface area contributed by atoms with Crippen molar-refractivity contribution in [2.24, 2.45) is 5.10 Å². The van der Waals surface area contributed by atoms with E-state index in [1.54, 1.807) is 0 Å². The lowest BCUT2D eigenvalue weighted by molar-refractivity contribution is -0.141. The molecule has 0 saturated carbocycles. The number of alkyl halides is 6. The first-order valence-corrected chi connectivity index (χ1v) is 6.53. The Labute approximate surface area is 135 Å². The Morgan fingerprint density at radius 1 is 1.04 bits per heavy atom. The van der Waals surface area contributed by atoms with Crippen LogP contribution in [0.2, 0.25) is 0 Å². The monoisotopic (exact) mass is 363 g/mol. The topological polar surface area (TPSA) is 64.3 Å². The van der Waals surface area contributed by atoms with Crippen LogP contribution in [0.25, 0.3) is 5.69 Å². The molecule has 3 rings (SSSR count). The first-order chi connectivity index (χ1) is 11.7. The minimum absolute atomic E-state index is 0.0314. The van der Waals surface area contributed by atoms with Crippen LogP contribution in [0.1, 0.15) is 16.8 Å². The molecule has 0 spiro atoms. The minimum atomic E-state index is -4.87. The van der Waals surface area contributed by atoms with Crippen LogP contribution in [0, 0.1) is 0 Å². The van der Waals surface area contributed by atoms with Crippen molar-refractivity contribution in [1.82, 2.24) is 20.4 Å². The number of rotatable bonds is 2. The third-order valence-corrected chi connectivity index (χ3v) is 3.04. The third kappa shape index (κ3) is 3.41. The van der Waals surface area contributed by atoms with Crippen molar-refractivity contribution in [3.63, 3.8) is 0 Å². The summed E-state index contributed by atoms with van der Waals surface area (Å²) in [5.41, 5.74) is -0.932. The molecular formula is C13H7F6N5O. The van der Waals surface area contributed by atoms with Gasteiger partial charge in [-0.2, -0.15) is 36.2 Å². The van der Waals surface area contributed by atoms with Gasteiger partial charge in [-0.3, -0.25) is 5.43 Å². The molecule has 0 fully saturated rings. The largest absolute Gasteiger partial charge is 0.443 e. The second-order valence-corrected chi connectivity index (χ2v) is 4.71. The zero-order chi connectivity index (χ0) is 18.2. The number of nitrogens with zero attached hydrogens (tertiary/aromatic N) is 4. The van der Waals surface area contributed by atoms with Crippen molar-refractivity contribution >= 4 is 5.90 Å². The van der Waals surface area contributed by atoms with Crippen LogP contribution in [0.3, 0.4) is 0 Å². The molecule has 6 nitrogen and oxygen atoms in total. The van der Waals surface area contributed by atoms with Crippen molar-refractivity contribution in [3.8, 4) is 5.69 Å². The number of benzene rings is 1. The molecule has 2 heterocycles. The predicted molar refractivity (Wildman–Crippen MR) is 71.3 cm³/mol. The highest BCUT2D eigenvalue weighted by Gasteiger charge is 2.38. The van der Waals surface area contributed by atoms with E-state index in [2.05, 4.69) is 20.7 Å². The predicted octanol–water partition coefficient (Wildman–Crippen LogP) is 3.06. The van der Waals surface area contributed by atoms with Gasteiger partial charge in [0.2, 0.25) is 5.90 Å². The number of ether oxygens (including phenoxy) is 1. The van der Waals surface area contributed by atoms with Crippen LogP contribution in [0.5, 0.6) is 0 Å². The molecule has 0 aliphatic carbocycles. The molecule has 132 valence electrons. The lowest BCUT2D eigenvalue weighted by Gasteiger charge is -2.15. The summed E-state index contributed by atoms with van der Waals surface area (Å²) < 4.78 is 82.7. The number of hydrazone groups is 1. The van der Waals surface area contributed by atoms with Gasteiger partial charge in [-0.05, 0) is 18.2 Å². The Hall–Kier alpha value is -3.05. The van der Waals surface area contributed by atoms with E-state index in [-0.39, 0.29) is 16.3 Å². The van der Waals surface area contributed by atoms with Gasteiger partial charge >= 0.3 is 12.4 Å². The van der Waals surface area contributed by atoms with Crippen molar-refractivity contribution in [1.29, 1.82) is 0 Å². The molecule has 2 aromatic rings. The van der Waals surface area contributed by atoms with Crippen molar-refractivity contribution in [2.75, 3.05) is 0 Å². The summed E-state index contributed by atoms with van der Waals surface area (Å²) >= 11 is 0. The number of nitrogens with one attached hydrogen (secondary N) is 1. The van der Waals surface area contributed by atoms with Crippen molar-refractivity contribution in [3.05, 3.63) is 53.7 Å². The van der Waals surface area contributed by atoms with Gasteiger partial charge in [0.25, 0.3) is 0 Å². The molecule has 0 radical (unpaired) electrons. The maximum atomic E-state index is 13.3. The Morgan fingerprint density at radius 2 is 1.80 bits per heavy atom. The van der Waals surface area contributed by atoms with Gasteiger partial charge in [0.1, 0.15) is 6.26 Å². The summed E-state index contributed by atoms with van der Waals surface area (Å²) in [5.74, 6) is -0.135. The van der Waals surface area contributed by atoms with Gasteiger partial charge in [-0.1, -0.05) is 0 Å². The van der Waals surface area contributed by atoms with Crippen molar-refractivity contribution < 1.29 is 31.1 Å². The van der Waals surface area contributed by atoms with Gasteiger partial charge in [0.15, 0.2) is 5.69 Å². The number of halogens is 6. The molecule has 1 aromatic heterocycles. The van der Waals surface area contributed by atoms with E-state index in [0.29, 0.717) is 12.3 Å². The lowest BCUT2D eigenvalue weighted by atomic mass is 10.1. The Bertz CT molecular complexity index is 851. The SMILES string of the molecule is FC(F)(F)c1cnn(-c2ccc(C3=NNC=CO3)cc2C(F)(F)F)n1. The highest BCUT2D eigenvalue weighted by atomic mass is 19.4. The van der Waals surface area contributed by atoms with Crippen molar-refractivity contribution in [2.45, 2.75) is 12.4 Å². The minimum Gasteiger partial charge on any atom is -0.443 e. The Kier molecular flexibility index (Phi) is 3.89. The van der Waals surface area contributed by atoms with Gasteiger partial charge < -0.3 is 4.74 Å². The lowest BCUT2D eigenvalue weighted by Crippen LogP contribution is -2.17. The van der Waals surface area contributed by atoms with Gasteiger partial charge in [0.05, 0.1) is 23.6 Å². The molecule has 0 saturated heterocycles. The molecule has 0 bridgehead atoms. The molecule has 0 amide bonds. The molecule has 12 heteroatoms.